The van der Waals surface area contributed by atoms with E-state index in [1.165, 1.54) is 0 Å². The molecule has 1 aromatic carbocycles. The second-order valence-electron chi connectivity index (χ2n) is 5.92. The molecule has 1 aliphatic rings. The van der Waals surface area contributed by atoms with Crippen molar-refractivity contribution in [2.24, 2.45) is 5.92 Å². The Morgan fingerprint density at radius 2 is 2.08 bits per heavy atom. The van der Waals surface area contributed by atoms with Gasteiger partial charge in [-0.15, -0.1) is 11.3 Å². The zero-order valence-electron chi connectivity index (χ0n) is 13.7. The standard InChI is InChI=1S/C18H20N2O3S/c1-20-10-13(8-17(20)21)18(22)19-9-16-7-14(11-24-16)12-3-5-15(23-2)6-4-12/h3-7,11,13H,8-10H2,1-2H3,(H,19,22)/t13-/m1/s1. The van der Waals surface area contributed by atoms with Gasteiger partial charge in [-0.3, -0.25) is 9.59 Å². The van der Waals surface area contributed by atoms with Gasteiger partial charge in [0.2, 0.25) is 11.8 Å². The van der Waals surface area contributed by atoms with Gasteiger partial charge in [-0.05, 0) is 34.7 Å². The molecule has 2 aromatic rings. The van der Waals surface area contributed by atoms with E-state index in [1.807, 2.05) is 24.3 Å². The number of carbonyl (C=O) groups excluding carboxylic acids is 2. The summed E-state index contributed by atoms with van der Waals surface area (Å²) in [6.07, 6.45) is 0.309. The molecule has 1 aromatic heterocycles. The maximum absolute atomic E-state index is 12.2. The third-order valence-electron chi connectivity index (χ3n) is 4.23. The molecule has 0 spiro atoms. The van der Waals surface area contributed by atoms with Crippen LogP contribution >= 0.6 is 11.3 Å². The molecule has 24 heavy (non-hydrogen) atoms. The number of likely N-dealkylation sites (tertiary alicyclic amines) is 1. The molecule has 1 N–H and O–H groups in total. The quantitative estimate of drug-likeness (QED) is 0.907. The van der Waals surface area contributed by atoms with Gasteiger partial charge in [0.15, 0.2) is 0 Å². The number of methoxy groups -OCH3 is 1. The Hall–Kier alpha value is -2.34. The highest BCUT2D eigenvalue weighted by atomic mass is 32.1. The SMILES string of the molecule is COc1ccc(-c2csc(CNC(=O)[C@@H]3CC(=O)N(C)C3)c2)cc1. The minimum atomic E-state index is -0.233. The van der Waals surface area contributed by atoms with Crippen LogP contribution in [0.4, 0.5) is 0 Å². The van der Waals surface area contributed by atoms with Crippen molar-refractivity contribution in [2.45, 2.75) is 13.0 Å². The van der Waals surface area contributed by atoms with Crippen LogP contribution in [0.1, 0.15) is 11.3 Å². The molecular weight excluding hydrogens is 324 g/mol. The van der Waals surface area contributed by atoms with Crippen molar-refractivity contribution in [3.8, 4) is 16.9 Å². The van der Waals surface area contributed by atoms with Crippen molar-refractivity contribution in [1.82, 2.24) is 10.2 Å². The van der Waals surface area contributed by atoms with Gasteiger partial charge in [0, 0.05) is 24.9 Å². The molecule has 2 amide bonds. The highest BCUT2D eigenvalue weighted by Gasteiger charge is 2.31. The number of hydrogen-bond donors (Lipinski definition) is 1. The van der Waals surface area contributed by atoms with Crippen LogP contribution in [-0.2, 0) is 16.1 Å². The number of nitrogens with zero attached hydrogens (tertiary/aromatic N) is 1. The van der Waals surface area contributed by atoms with E-state index in [2.05, 4.69) is 16.8 Å². The van der Waals surface area contributed by atoms with Gasteiger partial charge < -0.3 is 15.0 Å². The highest BCUT2D eigenvalue weighted by Crippen LogP contribution is 2.27. The summed E-state index contributed by atoms with van der Waals surface area (Å²) in [7, 11) is 3.38. The van der Waals surface area contributed by atoms with E-state index in [0.717, 1.165) is 21.8 Å². The van der Waals surface area contributed by atoms with Gasteiger partial charge in [0.25, 0.3) is 0 Å². The molecule has 0 saturated carbocycles. The summed E-state index contributed by atoms with van der Waals surface area (Å²) < 4.78 is 5.17. The summed E-state index contributed by atoms with van der Waals surface area (Å²) in [4.78, 5) is 26.4. The second-order valence-corrected chi connectivity index (χ2v) is 6.92. The lowest BCUT2D eigenvalue weighted by Gasteiger charge is -2.10. The molecule has 1 saturated heterocycles. The second kappa shape index (κ2) is 7.05. The number of benzene rings is 1. The highest BCUT2D eigenvalue weighted by molar-refractivity contribution is 7.10. The summed E-state index contributed by atoms with van der Waals surface area (Å²) in [6, 6.07) is 9.98. The van der Waals surface area contributed by atoms with Gasteiger partial charge in [0.05, 0.1) is 19.6 Å². The Kier molecular flexibility index (Phi) is 4.85. The van der Waals surface area contributed by atoms with E-state index in [9.17, 15) is 9.59 Å². The first-order chi connectivity index (χ1) is 11.6. The smallest absolute Gasteiger partial charge is 0.225 e. The molecule has 0 aliphatic carbocycles. The van der Waals surface area contributed by atoms with E-state index in [1.54, 1.807) is 30.4 Å². The van der Waals surface area contributed by atoms with Crippen LogP contribution in [0.5, 0.6) is 5.75 Å². The minimum Gasteiger partial charge on any atom is -0.497 e. The average Bonchev–Trinajstić information content (AvgIpc) is 3.20. The van der Waals surface area contributed by atoms with Crippen LogP contribution in [0, 0.1) is 5.92 Å². The Labute approximate surface area is 145 Å². The van der Waals surface area contributed by atoms with E-state index in [0.29, 0.717) is 19.5 Å². The van der Waals surface area contributed by atoms with Crippen LogP contribution in [0.15, 0.2) is 35.7 Å². The number of hydrogen-bond acceptors (Lipinski definition) is 4. The topological polar surface area (TPSA) is 58.6 Å². The van der Waals surface area contributed by atoms with Crippen molar-refractivity contribution in [1.29, 1.82) is 0 Å². The maximum Gasteiger partial charge on any atom is 0.225 e. The Morgan fingerprint density at radius 1 is 1.33 bits per heavy atom. The third kappa shape index (κ3) is 3.59. The van der Waals surface area contributed by atoms with Crippen LogP contribution in [0.2, 0.25) is 0 Å². The van der Waals surface area contributed by atoms with Crippen LogP contribution in [0.3, 0.4) is 0 Å². The van der Waals surface area contributed by atoms with Gasteiger partial charge in [-0.25, -0.2) is 0 Å². The van der Waals surface area contributed by atoms with E-state index >= 15 is 0 Å². The van der Waals surface area contributed by atoms with Crippen LogP contribution in [0.25, 0.3) is 11.1 Å². The first-order valence-electron chi connectivity index (χ1n) is 7.80. The fourth-order valence-electron chi connectivity index (χ4n) is 2.77. The Bertz CT molecular complexity index is 739. The van der Waals surface area contributed by atoms with Gasteiger partial charge in [-0.1, -0.05) is 12.1 Å². The molecule has 0 bridgehead atoms. The number of carbonyl (C=O) groups is 2. The Balaban J connectivity index is 1.58. The van der Waals surface area contributed by atoms with E-state index in [-0.39, 0.29) is 17.7 Å². The third-order valence-corrected chi connectivity index (χ3v) is 5.16. The number of ether oxygens (including phenoxy) is 1. The molecule has 2 heterocycles. The molecule has 5 nitrogen and oxygen atoms in total. The van der Waals surface area contributed by atoms with Crippen molar-refractivity contribution >= 4 is 23.2 Å². The fourth-order valence-corrected chi connectivity index (χ4v) is 3.60. The zero-order chi connectivity index (χ0) is 17.1. The number of nitrogens with one attached hydrogen (secondary N) is 1. The molecular formula is C18H20N2O3S. The molecule has 1 aliphatic heterocycles. The lowest BCUT2D eigenvalue weighted by atomic mass is 10.1. The molecule has 6 heteroatoms. The summed E-state index contributed by atoms with van der Waals surface area (Å²) in [5.41, 5.74) is 2.25. The van der Waals surface area contributed by atoms with Gasteiger partial charge >= 0.3 is 0 Å². The van der Waals surface area contributed by atoms with Crippen LogP contribution in [-0.4, -0.2) is 37.4 Å². The fraction of sp³-hybridized carbons (Fsp3) is 0.333. The average molecular weight is 344 g/mol. The van der Waals surface area contributed by atoms with Crippen molar-refractivity contribution in [3.63, 3.8) is 0 Å². The number of rotatable bonds is 5. The lowest BCUT2D eigenvalue weighted by molar-refractivity contribution is -0.128. The molecule has 3 rings (SSSR count). The van der Waals surface area contributed by atoms with Gasteiger partial charge in [-0.2, -0.15) is 0 Å². The van der Waals surface area contributed by atoms with Crippen LogP contribution < -0.4 is 10.1 Å². The molecule has 0 unspecified atom stereocenters. The molecule has 1 atom stereocenters. The zero-order valence-corrected chi connectivity index (χ0v) is 14.6. The van der Waals surface area contributed by atoms with Crippen molar-refractivity contribution in [3.05, 3.63) is 40.6 Å². The monoisotopic (exact) mass is 344 g/mol. The maximum atomic E-state index is 12.2. The predicted molar refractivity (Wildman–Crippen MR) is 93.9 cm³/mol. The molecule has 0 radical (unpaired) electrons. The first-order valence-corrected chi connectivity index (χ1v) is 8.68. The number of thiophene rings is 1. The Morgan fingerprint density at radius 3 is 2.71 bits per heavy atom. The van der Waals surface area contributed by atoms with E-state index in [4.69, 9.17) is 4.74 Å². The summed E-state index contributed by atoms with van der Waals surface area (Å²) in [5, 5.41) is 5.02. The summed E-state index contributed by atoms with van der Waals surface area (Å²) >= 11 is 1.62. The van der Waals surface area contributed by atoms with Gasteiger partial charge in [0.1, 0.15) is 5.75 Å². The van der Waals surface area contributed by atoms with E-state index < -0.39 is 0 Å². The van der Waals surface area contributed by atoms with Crippen molar-refractivity contribution in [2.75, 3.05) is 20.7 Å². The van der Waals surface area contributed by atoms with Crippen molar-refractivity contribution < 1.29 is 14.3 Å². The normalized spacial score (nSPS) is 17.2. The summed E-state index contributed by atoms with van der Waals surface area (Å²) in [5.74, 6) is 0.584. The first kappa shape index (κ1) is 16.5. The predicted octanol–water partition coefficient (Wildman–Crippen LogP) is 2.52. The largest absolute Gasteiger partial charge is 0.497 e. The summed E-state index contributed by atoms with van der Waals surface area (Å²) in [6.45, 7) is 1.00. The minimum absolute atomic E-state index is 0.0352. The molecule has 126 valence electrons. The lowest BCUT2D eigenvalue weighted by Crippen LogP contribution is -2.31. The molecule has 1 fully saturated rings. The number of amides is 2.